The third-order valence-electron chi connectivity index (χ3n) is 3.44. The molecule has 0 bridgehead atoms. The summed E-state index contributed by atoms with van der Waals surface area (Å²) in [6.07, 6.45) is 0.962. The minimum absolute atomic E-state index is 0.0835. The van der Waals surface area contributed by atoms with E-state index in [-0.39, 0.29) is 18.0 Å². The summed E-state index contributed by atoms with van der Waals surface area (Å²) in [4.78, 5) is 23.9. The van der Waals surface area contributed by atoms with E-state index in [1.165, 1.54) is 5.56 Å². The van der Waals surface area contributed by atoms with E-state index in [0.29, 0.717) is 11.3 Å². The highest BCUT2D eigenvalue weighted by Gasteiger charge is 2.07. The van der Waals surface area contributed by atoms with Crippen LogP contribution in [0.15, 0.2) is 48.5 Å². The number of anilines is 2. The fraction of sp³-hybridized carbons (Fsp3) is 0.263. The van der Waals surface area contributed by atoms with Gasteiger partial charge in [-0.25, -0.2) is 4.79 Å². The van der Waals surface area contributed by atoms with Gasteiger partial charge in [0.25, 0.3) is 5.91 Å². The first kappa shape index (κ1) is 17.5. The van der Waals surface area contributed by atoms with Crippen molar-refractivity contribution < 1.29 is 9.59 Å². The number of carbonyl (C=O) groups is 2. The number of rotatable bonds is 5. The molecule has 5 heteroatoms. The van der Waals surface area contributed by atoms with Crippen molar-refractivity contribution in [1.82, 2.24) is 5.32 Å². The van der Waals surface area contributed by atoms with Crippen LogP contribution in [-0.2, 0) is 6.42 Å². The topological polar surface area (TPSA) is 70.2 Å². The molecule has 0 aromatic heterocycles. The van der Waals surface area contributed by atoms with Gasteiger partial charge in [0.2, 0.25) is 0 Å². The maximum atomic E-state index is 12.0. The van der Waals surface area contributed by atoms with Crippen molar-refractivity contribution in [2.24, 2.45) is 0 Å². The molecule has 0 aliphatic rings. The van der Waals surface area contributed by atoms with Gasteiger partial charge in [0.1, 0.15) is 0 Å². The summed E-state index contributed by atoms with van der Waals surface area (Å²) in [7, 11) is 0. The molecule has 0 radical (unpaired) electrons. The number of benzene rings is 2. The average molecular weight is 325 g/mol. The minimum Gasteiger partial charge on any atom is -0.350 e. The molecule has 0 unspecified atom stereocenters. The first-order chi connectivity index (χ1) is 11.5. The molecule has 3 amide bonds. The van der Waals surface area contributed by atoms with Crippen molar-refractivity contribution in [2.75, 3.05) is 10.6 Å². The summed E-state index contributed by atoms with van der Waals surface area (Å²) < 4.78 is 0. The quantitative estimate of drug-likeness (QED) is 0.776. The molecule has 0 spiro atoms. The standard InChI is InChI=1S/C19H23N3O2/c1-4-14-5-9-16(10-6-14)21-19(24)22-17-11-7-15(8-12-17)18(23)20-13(2)3/h5-13H,4H2,1-3H3,(H,20,23)(H2,21,22,24). The maximum absolute atomic E-state index is 12.0. The molecule has 24 heavy (non-hydrogen) atoms. The van der Waals surface area contributed by atoms with E-state index in [9.17, 15) is 9.59 Å². The van der Waals surface area contributed by atoms with Crippen molar-refractivity contribution in [1.29, 1.82) is 0 Å². The summed E-state index contributed by atoms with van der Waals surface area (Å²) in [5.41, 5.74) is 3.14. The maximum Gasteiger partial charge on any atom is 0.323 e. The average Bonchev–Trinajstić information content (AvgIpc) is 2.55. The van der Waals surface area contributed by atoms with Crippen LogP contribution in [0, 0.1) is 0 Å². The number of hydrogen-bond acceptors (Lipinski definition) is 2. The second kappa shape index (κ2) is 8.15. The van der Waals surface area contributed by atoms with Crippen LogP contribution in [-0.4, -0.2) is 18.0 Å². The molecule has 0 saturated carbocycles. The molecule has 2 aromatic carbocycles. The molecule has 0 aliphatic carbocycles. The summed E-state index contributed by atoms with van der Waals surface area (Å²) in [6, 6.07) is 14.3. The molecule has 0 atom stereocenters. The zero-order valence-corrected chi connectivity index (χ0v) is 14.2. The molecule has 0 fully saturated rings. The lowest BCUT2D eigenvalue weighted by molar-refractivity contribution is 0.0943. The van der Waals surface area contributed by atoms with Gasteiger partial charge in [-0.05, 0) is 62.2 Å². The largest absolute Gasteiger partial charge is 0.350 e. The third-order valence-corrected chi connectivity index (χ3v) is 3.44. The van der Waals surface area contributed by atoms with E-state index in [2.05, 4.69) is 22.9 Å². The number of amides is 3. The zero-order valence-electron chi connectivity index (χ0n) is 14.2. The fourth-order valence-corrected chi connectivity index (χ4v) is 2.17. The van der Waals surface area contributed by atoms with Gasteiger partial charge in [-0.3, -0.25) is 4.79 Å². The van der Waals surface area contributed by atoms with Crippen LogP contribution in [0.25, 0.3) is 0 Å². The normalized spacial score (nSPS) is 10.3. The molecule has 2 rings (SSSR count). The van der Waals surface area contributed by atoms with E-state index in [1.807, 2.05) is 38.1 Å². The zero-order chi connectivity index (χ0) is 17.5. The summed E-state index contributed by atoms with van der Waals surface area (Å²) in [5, 5.41) is 8.34. The molecular weight excluding hydrogens is 302 g/mol. The van der Waals surface area contributed by atoms with Crippen LogP contribution >= 0.6 is 0 Å². The molecule has 2 aromatic rings. The Morgan fingerprint density at radius 2 is 1.38 bits per heavy atom. The predicted octanol–water partition coefficient (Wildman–Crippen LogP) is 4.03. The molecule has 0 saturated heterocycles. The van der Waals surface area contributed by atoms with Gasteiger partial charge in [-0.2, -0.15) is 0 Å². The SMILES string of the molecule is CCc1ccc(NC(=O)Nc2ccc(C(=O)NC(C)C)cc2)cc1. The minimum atomic E-state index is -0.321. The van der Waals surface area contributed by atoms with Crippen molar-refractivity contribution in [3.8, 4) is 0 Å². The first-order valence-electron chi connectivity index (χ1n) is 8.06. The Labute approximate surface area is 142 Å². The molecule has 0 heterocycles. The Bertz CT molecular complexity index is 692. The van der Waals surface area contributed by atoms with Crippen molar-refractivity contribution in [2.45, 2.75) is 33.2 Å². The molecular formula is C19H23N3O2. The van der Waals surface area contributed by atoms with Crippen LogP contribution in [0.4, 0.5) is 16.2 Å². The third kappa shape index (κ3) is 5.12. The summed E-state index contributed by atoms with van der Waals surface area (Å²) >= 11 is 0. The highest BCUT2D eigenvalue weighted by atomic mass is 16.2. The van der Waals surface area contributed by atoms with Crippen molar-refractivity contribution >= 4 is 23.3 Å². The molecule has 0 aliphatic heterocycles. The van der Waals surface area contributed by atoms with Crippen LogP contribution in [0.1, 0.15) is 36.7 Å². The number of aryl methyl sites for hydroxylation is 1. The van der Waals surface area contributed by atoms with Gasteiger partial charge in [-0.1, -0.05) is 19.1 Å². The van der Waals surface area contributed by atoms with Crippen LogP contribution < -0.4 is 16.0 Å². The second-order valence-electron chi connectivity index (χ2n) is 5.84. The fourth-order valence-electron chi connectivity index (χ4n) is 2.17. The van der Waals surface area contributed by atoms with Gasteiger partial charge in [-0.15, -0.1) is 0 Å². The lowest BCUT2D eigenvalue weighted by atomic mass is 10.1. The molecule has 3 N–H and O–H groups in total. The Morgan fingerprint density at radius 3 is 1.83 bits per heavy atom. The van der Waals surface area contributed by atoms with Crippen LogP contribution in [0.5, 0.6) is 0 Å². The number of nitrogens with one attached hydrogen (secondary N) is 3. The van der Waals surface area contributed by atoms with E-state index < -0.39 is 0 Å². The first-order valence-corrected chi connectivity index (χ1v) is 8.06. The smallest absolute Gasteiger partial charge is 0.323 e. The van der Waals surface area contributed by atoms with E-state index in [4.69, 9.17) is 0 Å². The Morgan fingerprint density at radius 1 is 0.875 bits per heavy atom. The Hall–Kier alpha value is -2.82. The van der Waals surface area contributed by atoms with Gasteiger partial charge in [0.15, 0.2) is 0 Å². The predicted molar refractivity (Wildman–Crippen MR) is 97.5 cm³/mol. The van der Waals surface area contributed by atoms with E-state index in [0.717, 1.165) is 12.1 Å². The van der Waals surface area contributed by atoms with Crippen LogP contribution in [0.2, 0.25) is 0 Å². The molecule has 126 valence electrons. The number of carbonyl (C=O) groups excluding carboxylic acids is 2. The monoisotopic (exact) mass is 325 g/mol. The van der Waals surface area contributed by atoms with E-state index in [1.54, 1.807) is 24.3 Å². The van der Waals surface area contributed by atoms with E-state index >= 15 is 0 Å². The summed E-state index contributed by atoms with van der Waals surface area (Å²) in [6.45, 7) is 5.90. The lowest BCUT2D eigenvalue weighted by Crippen LogP contribution is -2.30. The Kier molecular flexibility index (Phi) is 5.95. The van der Waals surface area contributed by atoms with Gasteiger partial charge < -0.3 is 16.0 Å². The van der Waals surface area contributed by atoms with Gasteiger partial charge in [0.05, 0.1) is 0 Å². The highest BCUT2D eigenvalue weighted by molar-refractivity contribution is 6.00. The lowest BCUT2D eigenvalue weighted by Gasteiger charge is -2.10. The second-order valence-corrected chi connectivity index (χ2v) is 5.84. The number of urea groups is 1. The summed E-state index contributed by atoms with van der Waals surface area (Å²) in [5.74, 6) is -0.128. The number of hydrogen-bond donors (Lipinski definition) is 3. The Balaban J connectivity index is 1.92. The molecule has 5 nitrogen and oxygen atoms in total. The van der Waals surface area contributed by atoms with Crippen molar-refractivity contribution in [3.63, 3.8) is 0 Å². The van der Waals surface area contributed by atoms with Gasteiger partial charge >= 0.3 is 6.03 Å². The highest BCUT2D eigenvalue weighted by Crippen LogP contribution is 2.13. The van der Waals surface area contributed by atoms with Gasteiger partial charge in [0, 0.05) is 23.0 Å². The van der Waals surface area contributed by atoms with Crippen LogP contribution in [0.3, 0.4) is 0 Å². The van der Waals surface area contributed by atoms with Crippen molar-refractivity contribution in [3.05, 3.63) is 59.7 Å².